The van der Waals surface area contributed by atoms with Gasteiger partial charge in [0.15, 0.2) is 5.69 Å². The summed E-state index contributed by atoms with van der Waals surface area (Å²) in [4.78, 5) is 15.1. The van der Waals surface area contributed by atoms with Gasteiger partial charge in [0, 0.05) is 10.8 Å². The molecule has 3 nitrogen and oxygen atoms in total. The molecular weight excluding hydrogens is 268 g/mol. The first kappa shape index (κ1) is 12.1. The molecule has 0 N–H and O–H groups in total. The van der Waals surface area contributed by atoms with Crippen molar-refractivity contribution in [1.82, 2.24) is 4.98 Å². The minimum absolute atomic E-state index is 0.0264. The van der Waals surface area contributed by atoms with Crippen molar-refractivity contribution in [3.05, 3.63) is 39.9 Å². The maximum atomic E-state index is 13.8. The largest absolute Gasteiger partial charge is 0.464 e. The zero-order chi connectivity index (χ0) is 12.6. The molecule has 0 radical (unpaired) electrons. The van der Waals surface area contributed by atoms with Crippen molar-refractivity contribution in [3.63, 3.8) is 0 Å². The Bertz CT molecular complexity index is 616. The summed E-state index contributed by atoms with van der Waals surface area (Å²) in [6, 6.07) is 4.18. The molecule has 0 aliphatic carbocycles. The summed E-state index contributed by atoms with van der Waals surface area (Å²) in [6.07, 6.45) is 0. The molecule has 1 heterocycles. The molecule has 0 unspecified atom stereocenters. The van der Waals surface area contributed by atoms with E-state index in [4.69, 9.17) is 23.2 Å². The zero-order valence-corrected chi connectivity index (χ0v) is 10.1. The van der Waals surface area contributed by atoms with E-state index in [1.807, 2.05) is 0 Å². The number of carbonyl (C=O) groups excluding carboxylic acids is 1. The van der Waals surface area contributed by atoms with Crippen LogP contribution in [0.5, 0.6) is 0 Å². The molecule has 6 heteroatoms. The Balaban J connectivity index is 2.79. The number of esters is 1. The first-order valence-corrected chi connectivity index (χ1v) is 5.32. The SMILES string of the molecule is COC(=O)c1cc2c(F)c(Cl)ccc2c(Cl)n1. The number of rotatable bonds is 1. The number of halogens is 3. The Morgan fingerprint density at radius 3 is 2.71 bits per heavy atom. The van der Waals surface area contributed by atoms with Gasteiger partial charge in [-0.2, -0.15) is 0 Å². The highest BCUT2D eigenvalue weighted by Gasteiger charge is 2.15. The van der Waals surface area contributed by atoms with Gasteiger partial charge in [0.25, 0.3) is 0 Å². The smallest absolute Gasteiger partial charge is 0.356 e. The molecule has 0 fully saturated rings. The monoisotopic (exact) mass is 273 g/mol. The van der Waals surface area contributed by atoms with Gasteiger partial charge in [-0.15, -0.1) is 0 Å². The number of carbonyl (C=O) groups is 1. The maximum absolute atomic E-state index is 13.8. The van der Waals surface area contributed by atoms with Gasteiger partial charge in [-0.05, 0) is 18.2 Å². The number of benzene rings is 1. The van der Waals surface area contributed by atoms with Crippen molar-refractivity contribution in [2.75, 3.05) is 7.11 Å². The van der Waals surface area contributed by atoms with Gasteiger partial charge in [0.1, 0.15) is 11.0 Å². The van der Waals surface area contributed by atoms with Gasteiger partial charge < -0.3 is 4.74 Å². The highest BCUT2D eigenvalue weighted by atomic mass is 35.5. The van der Waals surface area contributed by atoms with Crippen LogP contribution in [0.15, 0.2) is 18.2 Å². The minimum Gasteiger partial charge on any atom is -0.464 e. The molecule has 0 saturated carbocycles. The van der Waals surface area contributed by atoms with E-state index < -0.39 is 11.8 Å². The Morgan fingerprint density at radius 1 is 1.35 bits per heavy atom. The van der Waals surface area contributed by atoms with Crippen molar-refractivity contribution in [2.24, 2.45) is 0 Å². The standard InChI is InChI=1S/C11H6Cl2FNO2/c1-17-11(16)8-4-6-5(10(13)15-8)2-3-7(12)9(6)14/h2-4H,1H3. The highest BCUT2D eigenvalue weighted by Crippen LogP contribution is 2.29. The summed E-state index contributed by atoms with van der Waals surface area (Å²) in [5.41, 5.74) is -0.0637. The number of aromatic nitrogens is 1. The second-order valence-electron chi connectivity index (χ2n) is 3.25. The van der Waals surface area contributed by atoms with E-state index in [-0.39, 0.29) is 21.3 Å². The van der Waals surface area contributed by atoms with Crippen LogP contribution >= 0.6 is 23.2 Å². The lowest BCUT2D eigenvalue weighted by Crippen LogP contribution is -2.04. The van der Waals surface area contributed by atoms with Crippen molar-refractivity contribution in [2.45, 2.75) is 0 Å². The third-order valence-corrected chi connectivity index (χ3v) is 2.83. The van der Waals surface area contributed by atoms with E-state index in [9.17, 15) is 9.18 Å². The fourth-order valence-electron chi connectivity index (χ4n) is 1.43. The van der Waals surface area contributed by atoms with Crippen LogP contribution < -0.4 is 0 Å². The molecule has 0 atom stereocenters. The summed E-state index contributed by atoms with van der Waals surface area (Å²) in [5, 5.41) is 0.508. The van der Waals surface area contributed by atoms with Crippen molar-refractivity contribution < 1.29 is 13.9 Å². The van der Waals surface area contributed by atoms with Gasteiger partial charge in [-0.25, -0.2) is 14.2 Å². The molecule has 0 saturated heterocycles. The summed E-state index contributed by atoms with van der Waals surface area (Å²) in [6.45, 7) is 0. The van der Waals surface area contributed by atoms with E-state index in [2.05, 4.69) is 9.72 Å². The molecule has 17 heavy (non-hydrogen) atoms. The topological polar surface area (TPSA) is 39.2 Å². The van der Waals surface area contributed by atoms with Crippen molar-refractivity contribution in [1.29, 1.82) is 0 Å². The van der Waals surface area contributed by atoms with Crippen molar-refractivity contribution in [3.8, 4) is 0 Å². The molecule has 88 valence electrons. The quantitative estimate of drug-likeness (QED) is 0.590. The number of ether oxygens (including phenoxy) is 1. The summed E-state index contributed by atoms with van der Waals surface area (Å²) in [5.74, 6) is -1.33. The predicted molar refractivity (Wildman–Crippen MR) is 63.1 cm³/mol. The molecule has 0 bridgehead atoms. The normalized spacial score (nSPS) is 10.6. The van der Waals surface area contributed by atoms with Crippen LogP contribution in [0.4, 0.5) is 4.39 Å². The number of hydrogen-bond acceptors (Lipinski definition) is 3. The first-order valence-electron chi connectivity index (χ1n) is 4.57. The van der Waals surface area contributed by atoms with E-state index in [0.717, 1.165) is 0 Å². The molecule has 0 spiro atoms. The third kappa shape index (κ3) is 2.06. The van der Waals surface area contributed by atoms with Gasteiger partial charge in [0.2, 0.25) is 0 Å². The van der Waals surface area contributed by atoms with Crippen LogP contribution in [0.3, 0.4) is 0 Å². The second kappa shape index (κ2) is 4.47. The number of methoxy groups -OCH3 is 1. The molecule has 2 aromatic rings. The molecule has 0 aliphatic heterocycles. The lowest BCUT2D eigenvalue weighted by molar-refractivity contribution is 0.0594. The summed E-state index contributed by atoms with van der Waals surface area (Å²) in [7, 11) is 1.20. The Kier molecular flexibility index (Phi) is 3.17. The molecule has 1 aromatic heterocycles. The van der Waals surface area contributed by atoms with Crippen molar-refractivity contribution >= 4 is 39.9 Å². The van der Waals surface area contributed by atoms with Crippen LogP contribution in [-0.2, 0) is 4.74 Å². The molecule has 1 aromatic carbocycles. The average molecular weight is 274 g/mol. The van der Waals surface area contributed by atoms with Gasteiger partial charge >= 0.3 is 5.97 Å². The number of pyridine rings is 1. The minimum atomic E-state index is -0.687. The lowest BCUT2D eigenvalue weighted by atomic mass is 10.1. The second-order valence-corrected chi connectivity index (χ2v) is 4.01. The number of nitrogens with zero attached hydrogens (tertiary/aromatic N) is 1. The first-order chi connectivity index (χ1) is 8.04. The van der Waals surface area contributed by atoms with Gasteiger partial charge in [-0.3, -0.25) is 0 Å². The molecule has 0 amide bonds. The van der Waals surface area contributed by atoms with E-state index in [1.54, 1.807) is 0 Å². The third-order valence-electron chi connectivity index (χ3n) is 2.25. The number of hydrogen-bond donors (Lipinski definition) is 0. The fraction of sp³-hybridized carbons (Fsp3) is 0.0909. The van der Waals surface area contributed by atoms with Gasteiger partial charge in [0.05, 0.1) is 12.1 Å². The summed E-state index contributed by atoms with van der Waals surface area (Å²) < 4.78 is 18.2. The molecule has 2 rings (SSSR count). The molecule has 0 aliphatic rings. The van der Waals surface area contributed by atoms with Gasteiger partial charge in [-0.1, -0.05) is 23.2 Å². The Hall–Kier alpha value is -1.39. The molecular formula is C11H6Cl2FNO2. The summed E-state index contributed by atoms with van der Waals surface area (Å²) >= 11 is 11.5. The van der Waals surface area contributed by atoms with Crippen LogP contribution in [0.1, 0.15) is 10.5 Å². The van der Waals surface area contributed by atoms with Crippen LogP contribution in [-0.4, -0.2) is 18.1 Å². The lowest BCUT2D eigenvalue weighted by Gasteiger charge is -2.05. The van der Waals surface area contributed by atoms with E-state index in [0.29, 0.717) is 5.39 Å². The van der Waals surface area contributed by atoms with Crippen LogP contribution in [0.2, 0.25) is 10.2 Å². The average Bonchev–Trinajstić information content (AvgIpc) is 2.33. The fourth-order valence-corrected chi connectivity index (χ4v) is 1.85. The maximum Gasteiger partial charge on any atom is 0.356 e. The zero-order valence-electron chi connectivity index (χ0n) is 8.63. The Labute approximate surface area is 106 Å². The Morgan fingerprint density at radius 2 is 2.06 bits per heavy atom. The predicted octanol–water partition coefficient (Wildman–Crippen LogP) is 3.47. The highest BCUT2D eigenvalue weighted by molar-refractivity contribution is 6.35. The van der Waals surface area contributed by atoms with E-state index in [1.165, 1.54) is 25.3 Å². The van der Waals surface area contributed by atoms with Crippen LogP contribution in [0, 0.1) is 5.82 Å². The number of fused-ring (bicyclic) bond motifs is 1. The van der Waals surface area contributed by atoms with Crippen LogP contribution in [0.25, 0.3) is 10.8 Å². The van der Waals surface area contributed by atoms with E-state index >= 15 is 0 Å².